The molecule has 0 atom stereocenters. The molecule has 0 saturated heterocycles. The molecule has 1 aromatic carbocycles. The molecule has 0 aliphatic heterocycles. The highest BCUT2D eigenvalue weighted by molar-refractivity contribution is 6.18. The van der Waals surface area contributed by atoms with Crippen molar-refractivity contribution in [2.75, 3.05) is 5.88 Å². The fourth-order valence-electron chi connectivity index (χ4n) is 1.20. The van der Waals surface area contributed by atoms with Gasteiger partial charge in [-0.1, -0.05) is 6.07 Å². The molecule has 0 amide bonds. The van der Waals surface area contributed by atoms with Gasteiger partial charge in [-0.2, -0.15) is 0 Å². The Morgan fingerprint density at radius 1 is 1.29 bits per heavy atom. The molecule has 0 unspecified atom stereocenters. The Hall–Kier alpha value is -0.800. The van der Waals surface area contributed by atoms with Gasteiger partial charge in [0.2, 0.25) is 0 Å². The lowest BCUT2D eigenvalue weighted by Gasteiger charge is -2.04. The third-order valence-electron chi connectivity index (χ3n) is 1.91. The van der Waals surface area contributed by atoms with E-state index < -0.39 is 4.92 Å². The molecule has 0 radical (unpaired) electrons. The third kappa shape index (κ3) is 2.59. The molecule has 0 saturated carbocycles. The summed E-state index contributed by atoms with van der Waals surface area (Å²) >= 11 is 11.3. The second-order valence-corrected chi connectivity index (χ2v) is 3.43. The second kappa shape index (κ2) is 5.17. The third-order valence-corrected chi connectivity index (χ3v) is 2.39. The zero-order valence-corrected chi connectivity index (χ0v) is 8.88. The SMILES string of the molecule is O=[N+]([O-])c1ccc(CCCl)c(CCl)c1. The second-order valence-electron chi connectivity index (χ2n) is 2.78. The Morgan fingerprint density at radius 2 is 2.00 bits per heavy atom. The van der Waals surface area contributed by atoms with E-state index in [1.54, 1.807) is 6.07 Å². The van der Waals surface area contributed by atoms with Crippen LogP contribution in [0.2, 0.25) is 0 Å². The number of rotatable bonds is 4. The van der Waals surface area contributed by atoms with Crippen LogP contribution in [0.25, 0.3) is 0 Å². The molecule has 14 heavy (non-hydrogen) atoms. The minimum absolute atomic E-state index is 0.0685. The van der Waals surface area contributed by atoms with E-state index in [9.17, 15) is 10.1 Å². The first-order chi connectivity index (χ1) is 6.69. The molecule has 0 aliphatic carbocycles. The summed E-state index contributed by atoms with van der Waals surface area (Å²) in [5, 5.41) is 10.5. The number of hydrogen-bond donors (Lipinski definition) is 0. The van der Waals surface area contributed by atoms with Crippen molar-refractivity contribution < 1.29 is 4.92 Å². The number of nitro groups is 1. The lowest BCUT2D eigenvalue weighted by atomic mass is 10.1. The van der Waals surface area contributed by atoms with E-state index in [4.69, 9.17) is 23.2 Å². The van der Waals surface area contributed by atoms with Crippen LogP contribution in [0.15, 0.2) is 18.2 Å². The van der Waals surface area contributed by atoms with E-state index in [0.29, 0.717) is 12.3 Å². The predicted octanol–water partition coefficient (Wildman–Crippen LogP) is 3.11. The lowest BCUT2D eigenvalue weighted by molar-refractivity contribution is -0.384. The van der Waals surface area contributed by atoms with Gasteiger partial charge in [0.1, 0.15) is 0 Å². The summed E-state index contributed by atoms with van der Waals surface area (Å²) in [6.45, 7) is 0. The molecule has 5 heteroatoms. The summed E-state index contributed by atoms with van der Waals surface area (Å²) < 4.78 is 0. The Labute approximate surface area is 91.8 Å². The van der Waals surface area contributed by atoms with Gasteiger partial charge in [-0.05, 0) is 17.5 Å². The first kappa shape index (κ1) is 11.3. The first-order valence-electron chi connectivity index (χ1n) is 4.07. The van der Waals surface area contributed by atoms with Gasteiger partial charge in [-0.3, -0.25) is 10.1 Å². The number of benzene rings is 1. The Bertz CT molecular complexity index is 342. The van der Waals surface area contributed by atoms with E-state index in [1.807, 2.05) is 0 Å². The van der Waals surface area contributed by atoms with Crippen LogP contribution in [0.1, 0.15) is 11.1 Å². The average molecular weight is 234 g/mol. The van der Waals surface area contributed by atoms with Crippen molar-refractivity contribution in [2.45, 2.75) is 12.3 Å². The molecule has 0 heterocycles. The molecule has 0 aromatic heterocycles. The van der Waals surface area contributed by atoms with Crippen molar-refractivity contribution in [2.24, 2.45) is 0 Å². The van der Waals surface area contributed by atoms with Gasteiger partial charge < -0.3 is 0 Å². The maximum absolute atomic E-state index is 10.5. The average Bonchev–Trinajstić information content (AvgIpc) is 2.18. The molecule has 3 nitrogen and oxygen atoms in total. The minimum Gasteiger partial charge on any atom is -0.258 e. The van der Waals surface area contributed by atoms with E-state index >= 15 is 0 Å². The Morgan fingerprint density at radius 3 is 2.50 bits per heavy atom. The van der Waals surface area contributed by atoms with Gasteiger partial charge >= 0.3 is 0 Å². The van der Waals surface area contributed by atoms with E-state index in [0.717, 1.165) is 11.1 Å². The van der Waals surface area contributed by atoms with Gasteiger partial charge in [0, 0.05) is 23.9 Å². The molecule has 0 bridgehead atoms. The van der Waals surface area contributed by atoms with Crippen molar-refractivity contribution >= 4 is 28.9 Å². The monoisotopic (exact) mass is 233 g/mol. The van der Waals surface area contributed by atoms with Crippen LogP contribution in [0, 0.1) is 10.1 Å². The maximum Gasteiger partial charge on any atom is 0.269 e. The molecule has 0 N–H and O–H groups in total. The molecule has 0 spiro atoms. The van der Waals surface area contributed by atoms with Crippen molar-refractivity contribution in [3.63, 3.8) is 0 Å². The highest BCUT2D eigenvalue weighted by atomic mass is 35.5. The standard InChI is InChI=1S/C9H9Cl2NO2/c10-4-3-7-1-2-9(12(13)14)5-8(7)6-11/h1-2,5H,3-4,6H2. The molecular formula is C9H9Cl2NO2. The van der Waals surface area contributed by atoms with Crippen molar-refractivity contribution in [3.05, 3.63) is 39.4 Å². The first-order valence-corrected chi connectivity index (χ1v) is 5.14. The summed E-state index contributed by atoms with van der Waals surface area (Å²) in [7, 11) is 0. The van der Waals surface area contributed by atoms with Gasteiger partial charge in [-0.15, -0.1) is 23.2 Å². The summed E-state index contributed by atoms with van der Waals surface area (Å²) in [5.41, 5.74) is 1.82. The smallest absolute Gasteiger partial charge is 0.258 e. The molecule has 1 aromatic rings. The largest absolute Gasteiger partial charge is 0.269 e. The number of nitrogens with zero attached hydrogens (tertiary/aromatic N) is 1. The predicted molar refractivity (Wildman–Crippen MR) is 57.1 cm³/mol. The summed E-state index contributed by atoms with van der Waals surface area (Å²) in [4.78, 5) is 10.0. The van der Waals surface area contributed by atoms with Gasteiger partial charge in [0.25, 0.3) is 5.69 Å². The molecule has 1 rings (SSSR count). The van der Waals surface area contributed by atoms with E-state index in [-0.39, 0.29) is 11.6 Å². The number of nitro benzene ring substituents is 1. The highest BCUT2D eigenvalue weighted by Gasteiger charge is 2.09. The topological polar surface area (TPSA) is 43.1 Å². The minimum atomic E-state index is -0.430. The van der Waals surface area contributed by atoms with Crippen LogP contribution in [-0.4, -0.2) is 10.8 Å². The van der Waals surface area contributed by atoms with Crippen LogP contribution in [0.5, 0.6) is 0 Å². The van der Waals surface area contributed by atoms with Gasteiger partial charge in [0.15, 0.2) is 0 Å². The van der Waals surface area contributed by atoms with Crippen molar-refractivity contribution in [1.82, 2.24) is 0 Å². The molecular weight excluding hydrogens is 225 g/mol. The van der Waals surface area contributed by atoms with Crippen LogP contribution >= 0.6 is 23.2 Å². The lowest BCUT2D eigenvalue weighted by Crippen LogP contribution is -1.96. The Kier molecular flexibility index (Phi) is 4.17. The van der Waals surface area contributed by atoms with Gasteiger partial charge in [0.05, 0.1) is 4.92 Å². The van der Waals surface area contributed by atoms with E-state index in [1.165, 1.54) is 12.1 Å². The summed E-state index contributed by atoms with van der Waals surface area (Å²) in [6, 6.07) is 4.67. The fourth-order valence-corrected chi connectivity index (χ4v) is 1.65. The van der Waals surface area contributed by atoms with Crippen LogP contribution in [0.4, 0.5) is 5.69 Å². The van der Waals surface area contributed by atoms with Crippen molar-refractivity contribution in [3.8, 4) is 0 Å². The Balaban J connectivity index is 3.04. The number of aryl methyl sites for hydroxylation is 1. The van der Waals surface area contributed by atoms with Gasteiger partial charge in [-0.25, -0.2) is 0 Å². The summed E-state index contributed by atoms with van der Waals surface area (Å²) in [6.07, 6.45) is 0.682. The fraction of sp³-hybridized carbons (Fsp3) is 0.333. The van der Waals surface area contributed by atoms with Crippen LogP contribution in [0.3, 0.4) is 0 Å². The molecule has 76 valence electrons. The molecule has 0 fully saturated rings. The van der Waals surface area contributed by atoms with Crippen LogP contribution < -0.4 is 0 Å². The zero-order valence-electron chi connectivity index (χ0n) is 7.37. The normalized spacial score (nSPS) is 10.1. The number of halogens is 2. The quantitative estimate of drug-likeness (QED) is 0.456. The summed E-state index contributed by atoms with van der Waals surface area (Å²) in [5.74, 6) is 0.760. The molecule has 0 aliphatic rings. The number of alkyl halides is 2. The van der Waals surface area contributed by atoms with Crippen LogP contribution in [-0.2, 0) is 12.3 Å². The highest BCUT2D eigenvalue weighted by Crippen LogP contribution is 2.20. The number of hydrogen-bond acceptors (Lipinski definition) is 2. The maximum atomic E-state index is 10.5. The number of non-ortho nitro benzene ring substituents is 1. The van der Waals surface area contributed by atoms with Crippen molar-refractivity contribution in [1.29, 1.82) is 0 Å². The van der Waals surface area contributed by atoms with E-state index in [2.05, 4.69) is 0 Å². The zero-order chi connectivity index (χ0) is 10.6.